The summed E-state index contributed by atoms with van der Waals surface area (Å²) >= 11 is 0. The number of pyridine rings is 1. The van der Waals surface area contributed by atoms with E-state index in [1.165, 1.54) is 6.07 Å². The van der Waals surface area contributed by atoms with Gasteiger partial charge in [0, 0.05) is 0 Å². The first kappa shape index (κ1) is 14.4. The summed E-state index contributed by atoms with van der Waals surface area (Å²) in [7, 11) is -3.67. The van der Waals surface area contributed by atoms with E-state index >= 15 is 0 Å². The van der Waals surface area contributed by atoms with Gasteiger partial charge in [-0.1, -0.05) is 0 Å². The molecule has 1 aromatic rings. The molecule has 0 aliphatic carbocycles. The minimum atomic E-state index is -3.67. The van der Waals surface area contributed by atoms with Crippen molar-refractivity contribution in [1.82, 2.24) is 4.98 Å². The van der Waals surface area contributed by atoms with Crippen molar-refractivity contribution in [1.29, 1.82) is 0 Å². The van der Waals surface area contributed by atoms with E-state index in [1.54, 1.807) is 6.92 Å². The molecule has 1 N–H and O–H groups in total. The van der Waals surface area contributed by atoms with E-state index in [9.17, 15) is 17.6 Å². The molecule has 0 spiro atoms. The molecule has 0 atom stereocenters. The maximum absolute atomic E-state index is 12.5. The second-order valence-electron chi connectivity index (χ2n) is 3.35. The number of halogens is 1. The molecule has 1 rings (SSSR count). The van der Waals surface area contributed by atoms with Crippen LogP contribution in [0.3, 0.4) is 0 Å². The van der Waals surface area contributed by atoms with Gasteiger partial charge < -0.3 is 4.74 Å². The Morgan fingerprint density at radius 2 is 2.22 bits per heavy atom. The average molecular weight is 276 g/mol. The molecule has 8 heteroatoms. The molecule has 0 fully saturated rings. The maximum atomic E-state index is 12.5. The number of sulfonamides is 1. The average Bonchev–Trinajstić information content (AvgIpc) is 2.30. The van der Waals surface area contributed by atoms with E-state index in [4.69, 9.17) is 0 Å². The fourth-order valence-electron chi connectivity index (χ4n) is 1.12. The number of carbonyl (C=O) groups excluding carboxylic acids is 1. The highest BCUT2D eigenvalue weighted by Crippen LogP contribution is 2.08. The number of carbonyl (C=O) groups is 1. The van der Waals surface area contributed by atoms with Crippen LogP contribution in [0.2, 0.25) is 0 Å². The first-order valence-corrected chi connectivity index (χ1v) is 6.86. The van der Waals surface area contributed by atoms with Crippen LogP contribution in [0.4, 0.5) is 10.1 Å². The van der Waals surface area contributed by atoms with E-state index < -0.39 is 27.7 Å². The molecule has 0 aliphatic rings. The van der Waals surface area contributed by atoms with Gasteiger partial charge in [-0.2, -0.15) is 4.39 Å². The minimum absolute atomic E-state index is 0.139. The van der Waals surface area contributed by atoms with Crippen LogP contribution < -0.4 is 4.72 Å². The second kappa shape index (κ2) is 6.29. The third kappa shape index (κ3) is 5.09. The van der Waals surface area contributed by atoms with E-state index in [0.717, 1.165) is 12.3 Å². The molecule has 0 saturated heterocycles. The summed E-state index contributed by atoms with van der Waals surface area (Å²) in [6.07, 6.45) is 0.815. The lowest BCUT2D eigenvalue weighted by molar-refractivity contribution is -0.142. The van der Waals surface area contributed by atoms with E-state index in [0.29, 0.717) is 0 Å². The summed E-state index contributed by atoms with van der Waals surface area (Å²) in [6, 6.07) is 2.27. The van der Waals surface area contributed by atoms with Gasteiger partial charge in [0.1, 0.15) is 0 Å². The lowest BCUT2D eigenvalue weighted by Crippen LogP contribution is -2.20. The Kier molecular flexibility index (Phi) is 5.02. The fraction of sp³-hybridized carbons (Fsp3) is 0.400. The monoisotopic (exact) mass is 276 g/mol. The number of ether oxygens (including phenoxy) is 1. The number of esters is 1. The van der Waals surface area contributed by atoms with Crippen molar-refractivity contribution < 1.29 is 22.3 Å². The number of hydrogen-bond donors (Lipinski definition) is 1. The van der Waals surface area contributed by atoms with Gasteiger partial charge in [0.2, 0.25) is 16.0 Å². The summed E-state index contributed by atoms with van der Waals surface area (Å²) in [5.41, 5.74) is 0.139. The molecular formula is C10H13FN2O4S. The van der Waals surface area contributed by atoms with Gasteiger partial charge >= 0.3 is 5.97 Å². The van der Waals surface area contributed by atoms with Crippen molar-refractivity contribution in [2.75, 3.05) is 17.1 Å². The number of aromatic nitrogens is 1. The zero-order valence-electron chi connectivity index (χ0n) is 9.72. The van der Waals surface area contributed by atoms with E-state index in [1.807, 2.05) is 0 Å². The molecular weight excluding hydrogens is 263 g/mol. The molecule has 1 aromatic heterocycles. The highest BCUT2D eigenvalue weighted by atomic mass is 32.2. The molecule has 0 radical (unpaired) electrons. The summed E-state index contributed by atoms with van der Waals surface area (Å²) in [5.74, 6) is -1.69. The Balaban J connectivity index is 2.54. The van der Waals surface area contributed by atoms with Crippen LogP contribution in [0.1, 0.15) is 13.3 Å². The number of nitrogens with one attached hydrogen (secondary N) is 1. The number of rotatable bonds is 6. The molecule has 1 heterocycles. The van der Waals surface area contributed by atoms with Crippen LogP contribution in [0.15, 0.2) is 18.3 Å². The van der Waals surface area contributed by atoms with Crippen molar-refractivity contribution in [3.8, 4) is 0 Å². The quantitative estimate of drug-likeness (QED) is 0.616. The van der Waals surface area contributed by atoms with E-state index in [-0.39, 0.29) is 18.7 Å². The maximum Gasteiger partial charge on any atom is 0.306 e. The Hall–Kier alpha value is -1.70. The third-order valence-corrected chi connectivity index (χ3v) is 3.17. The first-order valence-electron chi connectivity index (χ1n) is 5.20. The van der Waals surface area contributed by atoms with Crippen molar-refractivity contribution in [2.24, 2.45) is 0 Å². The highest BCUT2D eigenvalue weighted by molar-refractivity contribution is 7.92. The summed E-state index contributed by atoms with van der Waals surface area (Å²) in [4.78, 5) is 14.3. The predicted octanol–water partition coefficient (Wildman–Crippen LogP) is 0.916. The van der Waals surface area contributed by atoms with Gasteiger partial charge in [0.05, 0.1) is 30.7 Å². The Bertz CT molecular complexity index is 501. The normalized spacial score (nSPS) is 11.0. The standard InChI is InChI=1S/C10H13FN2O4S/c1-2-17-10(14)5-6-18(15,16)13-8-3-4-9(11)12-7-8/h3-4,7,13H,2,5-6H2,1H3. The van der Waals surface area contributed by atoms with Crippen LogP contribution in [-0.4, -0.2) is 31.7 Å². The topological polar surface area (TPSA) is 85.4 Å². The van der Waals surface area contributed by atoms with Gasteiger partial charge in [-0.3, -0.25) is 9.52 Å². The lowest BCUT2D eigenvalue weighted by Gasteiger charge is -2.07. The smallest absolute Gasteiger partial charge is 0.306 e. The van der Waals surface area contributed by atoms with Gasteiger partial charge in [-0.25, -0.2) is 13.4 Å². The molecule has 18 heavy (non-hydrogen) atoms. The van der Waals surface area contributed by atoms with Crippen molar-refractivity contribution >= 4 is 21.7 Å². The molecule has 0 amide bonds. The lowest BCUT2D eigenvalue weighted by atomic mass is 10.4. The number of anilines is 1. The Morgan fingerprint density at radius 1 is 1.50 bits per heavy atom. The van der Waals surface area contributed by atoms with E-state index in [2.05, 4.69) is 14.4 Å². The molecule has 0 aromatic carbocycles. The molecule has 100 valence electrons. The molecule has 0 saturated carbocycles. The Morgan fingerprint density at radius 3 is 2.78 bits per heavy atom. The zero-order chi connectivity index (χ0) is 13.6. The zero-order valence-corrected chi connectivity index (χ0v) is 10.5. The highest BCUT2D eigenvalue weighted by Gasteiger charge is 2.14. The molecule has 6 nitrogen and oxygen atoms in total. The molecule has 0 unspecified atom stereocenters. The van der Waals surface area contributed by atoms with Crippen LogP contribution in [0.5, 0.6) is 0 Å². The fourth-order valence-corrected chi connectivity index (χ4v) is 2.13. The second-order valence-corrected chi connectivity index (χ2v) is 5.19. The first-order chi connectivity index (χ1) is 8.43. The van der Waals surface area contributed by atoms with Gasteiger partial charge in [0.15, 0.2) is 0 Å². The van der Waals surface area contributed by atoms with Crippen molar-refractivity contribution in [3.63, 3.8) is 0 Å². The van der Waals surface area contributed by atoms with Crippen LogP contribution in [0.25, 0.3) is 0 Å². The van der Waals surface area contributed by atoms with Crippen LogP contribution in [-0.2, 0) is 19.6 Å². The third-order valence-electron chi connectivity index (χ3n) is 1.88. The summed E-state index contributed by atoms with van der Waals surface area (Å²) in [6.45, 7) is 1.84. The summed E-state index contributed by atoms with van der Waals surface area (Å²) in [5, 5.41) is 0. The van der Waals surface area contributed by atoms with Gasteiger partial charge in [0.25, 0.3) is 0 Å². The van der Waals surface area contributed by atoms with Crippen molar-refractivity contribution in [2.45, 2.75) is 13.3 Å². The summed E-state index contributed by atoms with van der Waals surface area (Å²) < 4.78 is 42.4. The predicted molar refractivity (Wildman–Crippen MR) is 62.9 cm³/mol. The van der Waals surface area contributed by atoms with Crippen LogP contribution >= 0.6 is 0 Å². The Labute approximate surface area is 104 Å². The number of nitrogens with zero attached hydrogens (tertiary/aromatic N) is 1. The largest absolute Gasteiger partial charge is 0.466 e. The van der Waals surface area contributed by atoms with Crippen LogP contribution in [0, 0.1) is 5.95 Å². The molecule has 0 aliphatic heterocycles. The molecule has 0 bridgehead atoms. The van der Waals surface area contributed by atoms with Gasteiger partial charge in [-0.05, 0) is 19.1 Å². The number of hydrogen-bond acceptors (Lipinski definition) is 5. The van der Waals surface area contributed by atoms with Crippen molar-refractivity contribution in [3.05, 3.63) is 24.3 Å². The van der Waals surface area contributed by atoms with Gasteiger partial charge in [-0.15, -0.1) is 0 Å². The SMILES string of the molecule is CCOC(=O)CCS(=O)(=O)Nc1ccc(F)nc1. The minimum Gasteiger partial charge on any atom is -0.466 e.